The lowest BCUT2D eigenvalue weighted by Crippen LogP contribution is -2.38. The van der Waals surface area contributed by atoms with E-state index >= 15 is 0 Å². The van der Waals surface area contributed by atoms with Gasteiger partial charge in [-0.05, 0) is 30.5 Å². The van der Waals surface area contributed by atoms with Crippen LogP contribution in [0.3, 0.4) is 0 Å². The van der Waals surface area contributed by atoms with Crippen molar-refractivity contribution < 1.29 is 9.90 Å². The van der Waals surface area contributed by atoms with Crippen LogP contribution in [-0.2, 0) is 4.79 Å². The number of aliphatic hydroxyl groups excluding tert-OH is 1. The first kappa shape index (κ1) is 13.6. The molecule has 0 unspecified atom stereocenters. The Morgan fingerprint density at radius 1 is 1.50 bits per heavy atom. The van der Waals surface area contributed by atoms with Gasteiger partial charge < -0.3 is 10.4 Å². The molecule has 0 saturated carbocycles. The van der Waals surface area contributed by atoms with Gasteiger partial charge in [0.05, 0.1) is 5.41 Å². The molecule has 0 bridgehead atoms. The monoisotopic (exact) mass is 311 g/mol. The number of rotatable bonds is 3. The third-order valence-corrected chi connectivity index (χ3v) is 4.86. The molecule has 1 aliphatic rings. The van der Waals surface area contributed by atoms with E-state index in [-0.39, 0.29) is 24.3 Å². The number of hydrogen-bond acceptors (Lipinski definition) is 2. The zero-order valence-electron chi connectivity index (χ0n) is 10.6. The van der Waals surface area contributed by atoms with Gasteiger partial charge in [0.15, 0.2) is 0 Å². The lowest BCUT2D eigenvalue weighted by molar-refractivity contribution is -0.129. The molecular formula is C14H18BrNO2. The maximum absolute atomic E-state index is 12.1. The topological polar surface area (TPSA) is 49.3 Å². The van der Waals surface area contributed by atoms with Gasteiger partial charge in [0.25, 0.3) is 0 Å². The second-order valence-corrected chi connectivity index (χ2v) is 6.06. The number of nitrogens with one attached hydrogen (secondary N) is 1. The summed E-state index contributed by atoms with van der Waals surface area (Å²) >= 11 is 3.41. The molecule has 18 heavy (non-hydrogen) atoms. The second-order valence-electron chi connectivity index (χ2n) is 5.15. The molecule has 0 radical (unpaired) electrons. The van der Waals surface area contributed by atoms with Crippen LogP contribution >= 0.6 is 15.9 Å². The predicted molar refractivity (Wildman–Crippen MR) is 74.2 cm³/mol. The van der Waals surface area contributed by atoms with Crippen LogP contribution in [0.1, 0.15) is 25.3 Å². The van der Waals surface area contributed by atoms with E-state index in [0.29, 0.717) is 6.54 Å². The fourth-order valence-corrected chi connectivity index (χ4v) is 2.97. The lowest BCUT2D eigenvalue weighted by atomic mass is 9.68. The number of hydrogen-bond donors (Lipinski definition) is 2. The molecule has 3 nitrogen and oxygen atoms in total. The molecule has 1 heterocycles. The van der Waals surface area contributed by atoms with Crippen LogP contribution < -0.4 is 5.32 Å². The molecule has 1 amide bonds. The number of aliphatic hydroxyl groups is 1. The Kier molecular flexibility index (Phi) is 3.78. The highest BCUT2D eigenvalue weighted by molar-refractivity contribution is 9.10. The Labute approximate surface area is 116 Å². The van der Waals surface area contributed by atoms with Gasteiger partial charge in [-0.15, -0.1) is 0 Å². The number of halogens is 1. The van der Waals surface area contributed by atoms with Crippen molar-refractivity contribution >= 4 is 21.8 Å². The summed E-state index contributed by atoms with van der Waals surface area (Å²) < 4.78 is 1.03. The van der Waals surface area contributed by atoms with E-state index in [1.54, 1.807) is 0 Å². The predicted octanol–water partition coefficient (Wildman–Crippen LogP) is 2.30. The van der Waals surface area contributed by atoms with Crippen LogP contribution in [0.15, 0.2) is 28.7 Å². The molecule has 0 spiro atoms. The fourth-order valence-electron chi connectivity index (χ4n) is 2.71. The number of carbonyl (C=O) groups is 1. The van der Waals surface area contributed by atoms with Gasteiger partial charge in [-0.25, -0.2) is 0 Å². The van der Waals surface area contributed by atoms with E-state index in [1.807, 2.05) is 31.2 Å². The minimum Gasteiger partial charge on any atom is -0.396 e. The SMILES string of the molecule is C[C@H](c1ccc(Br)cc1)[C@@]1(C)C(=O)NC[C@@H]1CO. The molecule has 1 saturated heterocycles. The molecule has 1 aromatic rings. The molecule has 2 rings (SSSR count). The highest BCUT2D eigenvalue weighted by Crippen LogP contribution is 2.44. The van der Waals surface area contributed by atoms with Crippen molar-refractivity contribution in [3.05, 3.63) is 34.3 Å². The van der Waals surface area contributed by atoms with E-state index in [1.165, 1.54) is 0 Å². The van der Waals surface area contributed by atoms with Gasteiger partial charge in [-0.2, -0.15) is 0 Å². The van der Waals surface area contributed by atoms with Crippen LogP contribution in [0, 0.1) is 11.3 Å². The van der Waals surface area contributed by atoms with Crippen molar-refractivity contribution in [1.29, 1.82) is 0 Å². The van der Waals surface area contributed by atoms with Crippen molar-refractivity contribution in [1.82, 2.24) is 5.32 Å². The van der Waals surface area contributed by atoms with Gasteiger partial charge in [0.1, 0.15) is 0 Å². The van der Waals surface area contributed by atoms with E-state index in [0.717, 1.165) is 10.0 Å². The largest absolute Gasteiger partial charge is 0.396 e. The quantitative estimate of drug-likeness (QED) is 0.900. The molecular weight excluding hydrogens is 294 g/mol. The normalized spacial score (nSPS) is 29.1. The summed E-state index contributed by atoms with van der Waals surface area (Å²) in [6.45, 7) is 4.60. The van der Waals surface area contributed by atoms with E-state index < -0.39 is 5.41 Å². The summed E-state index contributed by atoms with van der Waals surface area (Å²) in [5.41, 5.74) is 0.582. The molecule has 98 valence electrons. The summed E-state index contributed by atoms with van der Waals surface area (Å²) in [5, 5.41) is 12.3. The van der Waals surface area contributed by atoms with Crippen LogP contribution in [0.5, 0.6) is 0 Å². The highest BCUT2D eigenvalue weighted by Gasteiger charge is 2.50. The van der Waals surface area contributed by atoms with E-state index in [2.05, 4.69) is 28.2 Å². The second kappa shape index (κ2) is 5.02. The first-order valence-corrected chi connectivity index (χ1v) is 6.94. The summed E-state index contributed by atoms with van der Waals surface area (Å²) in [4.78, 5) is 12.1. The Bertz CT molecular complexity index is 446. The molecule has 2 N–H and O–H groups in total. The molecule has 1 aliphatic heterocycles. The van der Waals surface area contributed by atoms with Crippen molar-refractivity contribution in [2.75, 3.05) is 13.2 Å². The van der Waals surface area contributed by atoms with Gasteiger partial charge in [0, 0.05) is 23.5 Å². The Hall–Kier alpha value is -0.870. The molecule has 0 aliphatic carbocycles. The fraction of sp³-hybridized carbons (Fsp3) is 0.500. The van der Waals surface area contributed by atoms with Crippen molar-refractivity contribution in [3.8, 4) is 0 Å². The van der Waals surface area contributed by atoms with Crippen LogP contribution in [0.25, 0.3) is 0 Å². The minimum absolute atomic E-state index is 0.0244. The van der Waals surface area contributed by atoms with Crippen LogP contribution in [0.2, 0.25) is 0 Å². The van der Waals surface area contributed by atoms with Crippen molar-refractivity contribution in [3.63, 3.8) is 0 Å². The molecule has 4 heteroatoms. The third-order valence-electron chi connectivity index (χ3n) is 4.34. The molecule has 1 aromatic carbocycles. The van der Waals surface area contributed by atoms with Crippen LogP contribution in [0.4, 0.5) is 0 Å². The minimum atomic E-state index is -0.539. The third kappa shape index (κ3) is 2.08. The average Bonchev–Trinajstić information content (AvgIpc) is 2.67. The summed E-state index contributed by atoms with van der Waals surface area (Å²) in [6.07, 6.45) is 0. The van der Waals surface area contributed by atoms with Gasteiger partial charge in [-0.3, -0.25) is 4.79 Å². The van der Waals surface area contributed by atoms with Crippen LogP contribution in [-0.4, -0.2) is 24.2 Å². The van der Waals surface area contributed by atoms with Gasteiger partial charge >= 0.3 is 0 Å². The first-order valence-electron chi connectivity index (χ1n) is 6.14. The average molecular weight is 312 g/mol. The highest BCUT2D eigenvalue weighted by atomic mass is 79.9. The standard InChI is InChI=1S/C14H18BrNO2/c1-9(10-3-5-12(15)6-4-10)14(2)11(8-17)7-16-13(14)18/h3-6,9,11,17H,7-8H2,1-2H3,(H,16,18)/t9-,11-,14-/m1/s1. The summed E-state index contributed by atoms with van der Waals surface area (Å²) in [5.74, 6) is 0.0888. The first-order chi connectivity index (χ1) is 8.50. The smallest absolute Gasteiger partial charge is 0.226 e. The van der Waals surface area contributed by atoms with Crippen molar-refractivity contribution in [2.45, 2.75) is 19.8 Å². The Morgan fingerprint density at radius 2 is 2.11 bits per heavy atom. The Morgan fingerprint density at radius 3 is 2.67 bits per heavy atom. The van der Waals surface area contributed by atoms with Crippen molar-refractivity contribution in [2.24, 2.45) is 11.3 Å². The van der Waals surface area contributed by atoms with E-state index in [4.69, 9.17) is 0 Å². The lowest BCUT2D eigenvalue weighted by Gasteiger charge is -2.34. The maximum atomic E-state index is 12.1. The molecule has 1 fully saturated rings. The van der Waals surface area contributed by atoms with Gasteiger partial charge in [-0.1, -0.05) is 35.0 Å². The Balaban J connectivity index is 2.33. The zero-order valence-corrected chi connectivity index (χ0v) is 12.2. The molecule has 3 atom stereocenters. The molecule has 0 aromatic heterocycles. The number of benzene rings is 1. The zero-order chi connectivity index (χ0) is 13.3. The van der Waals surface area contributed by atoms with E-state index in [9.17, 15) is 9.90 Å². The van der Waals surface area contributed by atoms with Gasteiger partial charge in [0.2, 0.25) is 5.91 Å². The number of carbonyl (C=O) groups excluding carboxylic acids is 1. The summed E-state index contributed by atoms with van der Waals surface area (Å²) in [6, 6.07) is 8.02. The number of amides is 1. The maximum Gasteiger partial charge on any atom is 0.226 e. The summed E-state index contributed by atoms with van der Waals surface area (Å²) in [7, 11) is 0.